The Labute approximate surface area is 214 Å². The third kappa shape index (κ3) is 7.07. The van der Waals surface area contributed by atoms with E-state index >= 15 is 0 Å². The summed E-state index contributed by atoms with van der Waals surface area (Å²) >= 11 is 0. The van der Waals surface area contributed by atoms with Crippen LogP contribution in [0.1, 0.15) is 52.6 Å². The number of urea groups is 1. The van der Waals surface area contributed by atoms with Gasteiger partial charge in [0.1, 0.15) is 0 Å². The minimum absolute atomic E-state index is 0.0601. The summed E-state index contributed by atoms with van der Waals surface area (Å²) in [6.45, 7) is 6.48. The number of aromatic carboxylic acids is 1. The van der Waals surface area contributed by atoms with Crippen molar-refractivity contribution >= 4 is 35.2 Å². The molecule has 3 aromatic rings. The van der Waals surface area contributed by atoms with Crippen LogP contribution in [-0.4, -0.2) is 29.0 Å². The first-order valence-corrected chi connectivity index (χ1v) is 11.4. The van der Waals surface area contributed by atoms with Crippen LogP contribution in [0.25, 0.3) is 0 Å². The molecule has 0 saturated heterocycles. The lowest BCUT2D eigenvalue weighted by atomic mass is 9.87. The second-order valence-electron chi connectivity index (χ2n) is 9.30. The summed E-state index contributed by atoms with van der Waals surface area (Å²) < 4.78 is 0. The molecule has 37 heavy (non-hydrogen) atoms. The number of amides is 3. The highest BCUT2D eigenvalue weighted by molar-refractivity contribution is 6.03. The number of carboxylic acids is 1. The highest BCUT2D eigenvalue weighted by atomic mass is 16.4. The predicted molar refractivity (Wildman–Crippen MR) is 140 cm³/mol. The summed E-state index contributed by atoms with van der Waals surface area (Å²) in [4.78, 5) is 42.0. The van der Waals surface area contributed by atoms with E-state index in [4.69, 9.17) is 11.3 Å². The van der Waals surface area contributed by atoms with Crippen LogP contribution in [0.4, 0.5) is 16.2 Å². The zero-order chi connectivity index (χ0) is 27.2. The van der Waals surface area contributed by atoms with Gasteiger partial charge >= 0.3 is 12.0 Å². The first kappa shape index (κ1) is 26.7. The topological polar surface area (TPSA) is 163 Å². The Hall–Kier alpha value is -4.86. The summed E-state index contributed by atoms with van der Waals surface area (Å²) in [7, 11) is 0. The summed E-state index contributed by atoms with van der Waals surface area (Å²) in [5.41, 5.74) is 13.5. The number of hydrogen-bond donors (Lipinski definition) is 4. The molecule has 3 rings (SSSR count). The fourth-order valence-corrected chi connectivity index (χ4v) is 3.48. The maximum atomic E-state index is 13.4. The number of nitrogens with one attached hydrogen (secondary N) is 1. The van der Waals surface area contributed by atoms with Crippen LogP contribution in [0.2, 0.25) is 0 Å². The molecular weight excluding hydrogens is 472 g/mol. The van der Waals surface area contributed by atoms with E-state index in [1.165, 1.54) is 17.0 Å². The molecular formula is C27H29N6O4+. The van der Waals surface area contributed by atoms with E-state index in [1.54, 1.807) is 36.4 Å². The fourth-order valence-electron chi connectivity index (χ4n) is 3.48. The number of hydrogen-bond acceptors (Lipinski definition) is 3. The third-order valence-corrected chi connectivity index (χ3v) is 5.54. The van der Waals surface area contributed by atoms with Gasteiger partial charge in [-0.15, -0.1) is 5.53 Å². The minimum atomic E-state index is -1.09. The number of carboxylic acid groups (broad SMARTS) is 1. The number of rotatable bonds is 6. The van der Waals surface area contributed by atoms with E-state index in [0.717, 1.165) is 11.1 Å². The molecule has 0 radical (unpaired) electrons. The van der Waals surface area contributed by atoms with Gasteiger partial charge in [-0.05, 0) is 59.0 Å². The van der Waals surface area contributed by atoms with Crippen molar-refractivity contribution in [2.45, 2.75) is 32.7 Å². The average Bonchev–Trinajstić information content (AvgIpc) is 2.87. The van der Waals surface area contributed by atoms with Crippen molar-refractivity contribution in [1.29, 1.82) is 0 Å². The molecule has 0 bridgehead atoms. The number of anilines is 2. The van der Waals surface area contributed by atoms with Gasteiger partial charge in [0.2, 0.25) is 0 Å². The standard InChI is InChI=1S/C27H28N6O4/c1-27(2,3)20-11-13-22(14-12-20)33(26(37)30-21-6-4-5-19(15-21)24(35)36)16-17-7-9-18(10-8-17)23(34)31-25(28)32-29/h4-15,29H,16H2,1-3H3,(H,30,37)(H,35,36)(H2,28,31,34)/p+1. The van der Waals surface area contributed by atoms with Crippen LogP contribution in [-0.2, 0) is 12.0 Å². The van der Waals surface area contributed by atoms with Crippen LogP contribution in [0, 0.1) is 0 Å². The first-order valence-electron chi connectivity index (χ1n) is 11.4. The molecule has 0 heterocycles. The molecule has 6 N–H and O–H groups in total. The molecule has 0 aliphatic carbocycles. The van der Waals surface area contributed by atoms with Crippen LogP contribution in [0.15, 0.2) is 82.9 Å². The predicted octanol–water partition coefficient (Wildman–Crippen LogP) is 3.59. The average molecular weight is 502 g/mol. The van der Waals surface area contributed by atoms with Crippen LogP contribution in [0.5, 0.6) is 0 Å². The Morgan fingerprint density at radius 1 is 0.973 bits per heavy atom. The maximum absolute atomic E-state index is 13.4. The summed E-state index contributed by atoms with van der Waals surface area (Å²) in [6.07, 6.45) is 0. The molecule has 0 aromatic heterocycles. The Kier molecular flexibility index (Phi) is 8.13. The van der Waals surface area contributed by atoms with Crippen molar-refractivity contribution in [3.63, 3.8) is 0 Å². The van der Waals surface area contributed by atoms with Crippen molar-refractivity contribution in [2.75, 3.05) is 10.2 Å². The number of aliphatic imine (C=N–C) groups is 1. The van der Waals surface area contributed by atoms with E-state index < -0.39 is 17.9 Å². The molecule has 3 amide bonds. The van der Waals surface area contributed by atoms with E-state index in [9.17, 15) is 19.5 Å². The lowest BCUT2D eigenvalue weighted by Gasteiger charge is -2.25. The van der Waals surface area contributed by atoms with Gasteiger partial charge in [-0.25, -0.2) is 9.59 Å². The van der Waals surface area contributed by atoms with Gasteiger partial charge in [-0.3, -0.25) is 9.69 Å². The summed E-state index contributed by atoms with van der Waals surface area (Å²) in [5, 5.41) is 15.2. The SMILES string of the molecule is CC(C)(C)c1ccc(N(Cc2ccc(C(=O)N=C(N)N=[NH2+])cc2)C(=O)Nc2cccc(C(=O)O)c2)cc1. The maximum Gasteiger partial charge on any atom is 0.335 e. The second-order valence-corrected chi connectivity index (χ2v) is 9.30. The third-order valence-electron chi connectivity index (χ3n) is 5.54. The van der Waals surface area contributed by atoms with E-state index in [1.807, 2.05) is 24.3 Å². The summed E-state index contributed by atoms with van der Waals surface area (Å²) in [6, 6.07) is 19.8. The largest absolute Gasteiger partial charge is 0.478 e. The van der Waals surface area contributed by atoms with E-state index in [-0.39, 0.29) is 29.0 Å². The number of carbonyl (C=O) groups excluding carboxylic acids is 2. The van der Waals surface area contributed by atoms with E-state index in [0.29, 0.717) is 11.4 Å². The molecule has 0 aliphatic rings. The van der Waals surface area contributed by atoms with Crippen LogP contribution < -0.4 is 21.5 Å². The Morgan fingerprint density at radius 3 is 2.19 bits per heavy atom. The lowest BCUT2D eigenvalue weighted by molar-refractivity contribution is -0.207. The van der Waals surface area contributed by atoms with Crippen molar-refractivity contribution in [2.24, 2.45) is 15.8 Å². The van der Waals surface area contributed by atoms with Gasteiger partial charge in [0.15, 0.2) is 0 Å². The number of nitrogens with two attached hydrogens (primary N) is 2. The van der Waals surface area contributed by atoms with Crippen molar-refractivity contribution in [1.82, 2.24) is 0 Å². The molecule has 0 aliphatic heterocycles. The molecule has 0 saturated carbocycles. The zero-order valence-electron chi connectivity index (χ0n) is 20.8. The lowest BCUT2D eigenvalue weighted by Crippen LogP contribution is -2.34. The Balaban J connectivity index is 1.90. The molecule has 10 nitrogen and oxygen atoms in total. The number of nitrogens with zero attached hydrogens (tertiary/aromatic N) is 3. The van der Waals surface area contributed by atoms with Crippen molar-refractivity contribution < 1.29 is 25.0 Å². The number of carbonyl (C=O) groups is 3. The van der Waals surface area contributed by atoms with Crippen LogP contribution >= 0.6 is 0 Å². The van der Waals surface area contributed by atoms with Gasteiger partial charge in [0.25, 0.3) is 11.9 Å². The quantitative estimate of drug-likeness (QED) is 0.230. The molecule has 0 atom stereocenters. The van der Waals surface area contributed by atoms with Crippen molar-refractivity contribution in [3.8, 4) is 0 Å². The Bertz CT molecular complexity index is 1340. The van der Waals surface area contributed by atoms with Gasteiger partial charge in [-0.2, -0.15) is 4.99 Å². The normalized spacial score (nSPS) is 11.5. The molecule has 0 unspecified atom stereocenters. The number of guanidine groups is 1. The minimum Gasteiger partial charge on any atom is -0.478 e. The monoisotopic (exact) mass is 501 g/mol. The molecule has 190 valence electrons. The zero-order valence-corrected chi connectivity index (χ0v) is 20.8. The highest BCUT2D eigenvalue weighted by Gasteiger charge is 2.20. The second kappa shape index (κ2) is 11.3. The first-order chi connectivity index (χ1) is 17.5. The highest BCUT2D eigenvalue weighted by Crippen LogP contribution is 2.26. The van der Waals surface area contributed by atoms with Gasteiger partial charge in [-0.1, -0.05) is 51.1 Å². The molecule has 10 heteroatoms. The van der Waals surface area contributed by atoms with Crippen molar-refractivity contribution in [3.05, 3.63) is 95.1 Å². The van der Waals surface area contributed by atoms with Gasteiger partial charge < -0.3 is 16.2 Å². The smallest absolute Gasteiger partial charge is 0.335 e. The fraction of sp³-hybridized carbons (Fsp3) is 0.185. The van der Waals surface area contributed by atoms with E-state index in [2.05, 4.69) is 36.2 Å². The summed E-state index contributed by atoms with van der Waals surface area (Å²) in [5.74, 6) is -2.02. The molecule has 3 aromatic carbocycles. The van der Waals surface area contributed by atoms with Crippen LogP contribution in [0.3, 0.4) is 0 Å². The number of benzene rings is 3. The Morgan fingerprint density at radius 2 is 1.62 bits per heavy atom. The van der Waals surface area contributed by atoms with Gasteiger partial charge in [0.05, 0.1) is 12.1 Å². The molecule has 0 fully saturated rings. The molecule has 0 spiro atoms. The van der Waals surface area contributed by atoms with Gasteiger partial charge in [0, 0.05) is 22.1 Å².